The summed E-state index contributed by atoms with van der Waals surface area (Å²) in [5, 5.41) is 8.21. The van der Waals surface area contributed by atoms with Crippen LogP contribution in [0.3, 0.4) is 0 Å². The summed E-state index contributed by atoms with van der Waals surface area (Å²) < 4.78 is 0. The molecule has 0 radical (unpaired) electrons. The molecule has 0 fully saturated rings. The summed E-state index contributed by atoms with van der Waals surface area (Å²) in [7, 11) is 0. The molecule has 6 N–H and O–H groups in total. The zero-order chi connectivity index (χ0) is 15.1. The monoisotopic (exact) mass is 309 g/mol. The van der Waals surface area contributed by atoms with Gasteiger partial charge in [0, 0.05) is 0 Å². The molecule has 0 amide bonds. The predicted octanol–water partition coefficient (Wildman–Crippen LogP) is 0.196. The Morgan fingerprint density at radius 3 is 1.75 bits per heavy atom. The first kappa shape index (κ1) is 15.9. The maximum Gasteiger partial charge on any atom is 0.184 e. The average molecular weight is 309 g/mol. The summed E-state index contributed by atoms with van der Waals surface area (Å²) in [4.78, 5) is 4.42. The lowest BCUT2D eigenvalue weighted by molar-refractivity contribution is 1.02. The van der Waals surface area contributed by atoms with Gasteiger partial charge in [-0.3, -0.25) is 10.9 Å². The number of hydrazone groups is 2. The largest absolute Gasteiger partial charge is 0.375 e. The van der Waals surface area contributed by atoms with Crippen LogP contribution in [-0.2, 0) is 0 Å². The number of nitrogens with zero attached hydrogens (tertiary/aromatic N) is 3. The first-order valence-electron chi connectivity index (χ1n) is 5.57. The Morgan fingerprint density at radius 1 is 1.00 bits per heavy atom. The molecule has 0 atom stereocenters. The van der Waals surface area contributed by atoms with E-state index in [1.807, 2.05) is 18.2 Å². The Kier molecular flexibility index (Phi) is 5.94. The van der Waals surface area contributed by atoms with E-state index >= 15 is 0 Å². The van der Waals surface area contributed by atoms with E-state index in [1.165, 1.54) is 0 Å². The van der Waals surface area contributed by atoms with Crippen molar-refractivity contribution in [2.45, 2.75) is 13.8 Å². The maximum atomic E-state index is 5.31. The van der Waals surface area contributed by atoms with E-state index < -0.39 is 0 Å². The highest BCUT2D eigenvalue weighted by atomic mass is 32.1. The fraction of sp³-hybridized carbons (Fsp3) is 0.182. The van der Waals surface area contributed by atoms with Gasteiger partial charge in [0.25, 0.3) is 0 Å². The summed E-state index contributed by atoms with van der Waals surface area (Å²) in [6.45, 7) is 3.58. The molecule has 9 heteroatoms. The summed E-state index contributed by atoms with van der Waals surface area (Å²) in [5.74, 6) is 0. The zero-order valence-electron chi connectivity index (χ0n) is 11.0. The van der Waals surface area contributed by atoms with E-state index in [0.717, 1.165) is 0 Å². The number of rotatable bonds is 4. The second-order valence-electron chi connectivity index (χ2n) is 3.75. The molecule has 1 heterocycles. The number of thiocarbonyl (C=S) groups is 2. The molecule has 0 unspecified atom stereocenters. The lowest BCUT2D eigenvalue weighted by atomic mass is 10.2. The van der Waals surface area contributed by atoms with Crippen molar-refractivity contribution in [2.75, 3.05) is 0 Å². The standard InChI is InChI=1S/C11H15N7S2/c1-6(15-17-10(12)19)8-4-3-5-9(14-8)7(2)16-18-11(13)20/h3-5H,1-2H3,(H3,12,17,19)(H3,13,18,20)/b15-6+,16-7+. The number of hydrogen-bond acceptors (Lipinski definition) is 5. The molecule has 20 heavy (non-hydrogen) atoms. The normalized spacial score (nSPS) is 11.9. The van der Waals surface area contributed by atoms with Crippen LogP contribution < -0.4 is 22.3 Å². The molecule has 7 nitrogen and oxygen atoms in total. The molecule has 1 rings (SSSR count). The van der Waals surface area contributed by atoms with Gasteiger partial charge in [-0.2, -0.15) is 10.2 Å². The molecule has 0 spiro atoms. The van der Waals surface area contributed by atoms with Gasteiger partial charge in [-0.1, -0.05) is 6.07 Å². The third kappa shape index (κ3) is 5.24. The summed E-state index contributed by atoms with van der Waals surface area (Å²) in [6, 6.07) is 5.48. The molecule has 0 saturated carbocycles. The molecule has 1 aromatic heterocycles. The predicted molar refractivity (Wildman–Crippen MR) is 88.5 cm³/mol. The smallest absolute Gasteiger partial charge is 0.184 e. The van der Waals surface area contributed by atoms with E-state index in [0.29, 0.717) is 22.8 Å². The van der Waals surface area contributed by atoms with Gasteiger partial charge in [-0.25, -0.2) is 4.98 Å². The second-order valence-corrected chi connectivity index (χ2v) is 4.63. The van der Waals surface area contributed by atoms with Crippen LogP contribution in [0.4, 0.5) is 0 Å². The van der Waals surface area contributed by atoms with E-state index in [4.69, 9.17) is 11.5 Å². The van der Waals surface area contributed by atoms with Crippen molar-refractivity contribution in [1.29, 1.82) is 0 Å². The van der Waals surface area contributed by atoms with Crippen LogP contribution in [0, 0.1) is 0 Å². The van der Waals surface area contributed by atoms with Gasteiger partial charge < -0.3 is 11.5 Å². The SMILES string of the molecule is C/C(=N\NC(N)=S)c1cccc(/C(C)=N/NC(N)=S)n1. The van der Waals surface area contributed by atoms with E-state index in [-0.39, 0.29) is 10.2 Å². The van der Waals surface area contributed by atoms with Crippen molar-refractivity contribution in [3.63, 3.8) is 0 Å². The average Bonchev–Trinajstić information content (AvgIpc) is 2.42. The molecule has 106 valence electrons. The molecule has 0 aliphatic heterocycles. The first-order chi connectivity index (χ1) is 9.40. The van der Waals surface area contributed by atoms with Gasteiger partial charge >= 0.3 is 0 Å². The van der Waals surface area contributed by atoms with Crippen LogP contribution in [0.5, 0.6) is 0 Å². The van der Waals surface area contributed by atoms with Crippen LogP contribution >= 0.6 is 24.4 Å². The number of nitrogens with two attached hydrogens (primary N) is 2. The van der Waals surface area contributed by atoms with Gasteiger partial charge in [0.2, 0.25) is 0 Å². The van der Waals surface area contributed by atoms with Crippen molar-refractivity contribution in [3.8, 4) is 0 Å². The highest BCUT2D eigenvalue weighted by Gasteiger charge is 2.04. The Hall–Kier alpha value is -2.13. The number of hydrogen-bond donors (Lipinski definition) is 4. The Labute approximate surface area is 127 Å². The van der Waals surface area contributed by atoms with Crippen LogP contribution in [0.15, 0.2) is 28.4 Å². The first-order valence-corrected chi connectivity index (χ1v) is 6.39. The van der Waals surface area contributed by atoms with Crippen LogP contribution in [-0.4, -0.2) is 26.6 Å². The van der Waals surface area contributed by atoms with E-state index in [9.17, 15) is 0 Å². The lowest BCUT2D eigenvalue weighted by Gasteiger charge is -2.05. The molecule has 0 aromatic carbocycles. The van der Waals surface area contributed by atoms with E-state index in [2.05, 4.69) is 50.5 Å². The fourth-order valence-electron chi connectivity index (χ4n) is 1.23. The molecule has 0 aliphatic rings. The highest BCUT2D eigenvalue weighted by Crippen LogP contribution is 2.02. The van der Waals surface area contributed by atoms with E-state index in [1.54, 1.807) is 13.8 Å². The maximum absolute atomic E-state index is 5.31. The summed E-state index contributed by atoms with van der Waals surface area (Å²) in [5.41, 5.74) is 18.3. The topological polar surface area (TPSA) is 114 Å². The molecular formula is C11H15N7S2. The van der Waals surface area contributed by atoms with Gasteiger partial charge in [0.15, 0.2) is 10.2 Å². The lowest BCUT2D eigenvalue weighted by Crippen LogP contribution is -2.26. The van der Waals surface area contributed by atoms with Crippen molar-refractivity contribution in [1.82, 2.24) is 15.8 Å². The van der Waals surface area contributed by atoms with Crippen LogP contribution in [0.2, 0.25) is 0 Å². The molecule has 0 aliphatic carbocycles. The van der Waals surface area contributed by atoms with Crippen molar-refractivity contribution in [3.05, 3.63) is 29.6 Å². The van der Waals surface area contributed by atoms with Gasteiger partial charge in [-0.05, 0) is 50.4 Å². The van der Waals surface area contributed by atoms with Crippen LogP contribution in [0.1, 0.15) is 25.2 Å². The highest BCUT2D eigenvalue weighted by molar-refractivity contribution is 7.80. The van der Waals surface area contributed by atoms with Gasteiger partial charge in [0.1, 0.15) is 0 Å². The Balaban J connectivity index is 2.95. The minimum absolute atomic E-state index is 0.0962. The van der Waals surface area contributed by atoms with Gasteiger partial charge in [-0.15, -0.1) is 0 Å². The third-order valence-electron chi connectivity index (χ3n) is 2.16. The second kappa shape index (κ2) is 7.46. The minimum atomic E-state index is 0.0962. The molecule has 1 aromatic rings. The van der Waals surface area contributed by atoms with Crippen molar-refractivity contribution >= 4 is 46.1 Å². The fourth-order valence-corrected chi connectivity index (χ4v) is 1.32. The molecule has 0 bridgehead atoms. The van der Waals surface area contributed by atoms with Crippen LogP contribution in [0.25, 0.3) is 0 Å². The van der Waals surface area contributed by atoms with Gasteiger partial charge in [0.05, 0.1) is 22.8 Å². The van der Waals surface area contributed by atoms with Crippen molar-refractivity contribution < 1.29 is 0 Å². The minimum Gasteiger partial charge on any atom is -0.375 e. The quantitative estimate of drug-likeness (QED) is 0.357. The Morgan fingerprint density at radius 2 is 1.40 bits per heavy atom. The number of nitrogens with one attached hydrogen (secondary N) is 2. The van der Waals surface area contributed by atoms with Crippen molar-refractivity contribution in [2.24, 2.45) is 21.7 Å². The number of pyridine rings is 1. The third-order valence-corrected chi connectivity index (χ3v) is 2.34. The summed E-state index contributed by atoms with van der Waals surface area (Å²) >= 11 is 9.36. The zero-order valence-corrected chi connectivity index (χ0v) is 12.7. The molecule has 0 saturated heterocycles. The molecular weight excluding hydrogens is 294 g/mol. The Bertz CT molecular complexity index is 533. The summed E-state index contributed by atoms with van der Waals surface area (Å²) in [6.07, 6.45) is 0. The number of aromatic nitrogens is 1.